The minimum atomic E-state index is 0.791. The Hall–Kier alpha value is -0.0800. The van der Waals surface area contributed by atoms with Gasteiger partial charge in [0.15, 0.2) is 0 Å². The van der Waals surface area contributed by atoms with Crippen LogP contribution in [-0.2, 0) is 0 Å². The quantitative estimate of drug-likeness (QED) is 0.746. The topological polar surface area (TPSA) is 15.3 Å². The van der Waals surface area contributed by atoms with Gasteiger partial charge in [-0.15, -0.1) is 0 Å². The SMILES string of the molecule is CCNC1CCN(C(CC)CC2CC2)CC1. The smallest absolute Gasteiger partial charge is 0.00952 e. The summed E-state index contributed by atoms with van der Waals surface area (Å²) in [5, 5.41) is 3.59. The van der Waals surface area contributed by atoms with E-state index in [9.17, 15) is 0 Å². The van der Waals surface area contributed by atoms with Gasteiger partial charge < -0.3 is 10.2 Å². The van der Waals surface area contributed by atoms with E-state index >= 15 is 0 Å². The molecule has 2 aliphatic rings. The lowest BCUT2D eigenvalue weighted by Gasteiger charge is -2.37. The standard InChI is InChI=1S/C14H28N2/c1-3-14(11-12-5-6-12)16-9-7-13(8-10-16)15-4-2/h12-15H,3-11H2,1-2H3. The highest BCUT2D eigenvalue weighted by molar-refractivity contribution is 4.85. The third-order valence-electron chi connectivity index (χ3n) is 4.31. The second kappa shape index (κ2) is 6.02. The number of rotatable bonds is 6. The molecule has 1 unspecified atom stereocenters. The number of hydrogen-bond acceptors (Lipinski definition) is 2. The van der Waals surface area contributed by atoms with Gasteiger partial charge in [-0.2, -0.15) is 0 Å². The molecule has 1 heterocycles. The maximum Gasteiger partial charge on any atom is 0.00952 e. The maximum absolute atomic E-state index is 3.59. The van der Waals surface area contributed by atoms with Crippen LogP contribution in [0.4, 0.5) is 0 Å². The minimum absolute atomic E-state index is 0.791. The fourth-order valence-electron chi connectivity index (χ4n) is 3.07. The Balaban J connectivity index is 1.72. The van der Waals surface area contributed by atoms with Crippen molar-refractivity contribution in [2.24, 2.45) is 5.92 Å². The lowest BCUT2D eigenvalue weighted by atomic mass is 9.99. The summed E-state index contributed by atoms with van der Waals surface area (Å²) in [5.74, 6) is 1.08. The zero-order valence-corrected chi connectivity index (χ0v) is 11.0. The van der Waals surface area contributed by atoms with Crippen molar-refractivity contribution < 1.29 is 0 Å². The molecule has 94 valence electrons. The van der Waals surface area contributed by atoms with Crippen LogP contribution in [-0.4, -0.2) is 36.6 Å². The summed E-state index contributed by atoms with van der Waals surface area (Å²) in [4.78, 5) is 2.76. The highest BCUT2D eigenvalue weighted by atomic mass is 15.2. The largest absolute Gasteiger partial charge is 0.314 e. The van der Waals surface area contributed by atoms with Crippen molar-refractivity contribution in [2.45, 2.75) is 64.5 Å². The van der Waals surface area contributed by atoms with Crippen molar-refractivity contribution in [2.75, 3.05) is 19.6 Å². The molecule has 0 aromatic carbocycles. The zero-order valence-electron chi connectivity index (χ0n) is 11.0. The summed E-state index contributed by atoms with van der Waals surface area (Å²) < 4.78 is 0. The van der Waals surface area contributed by atoms with E-state index in [2.05, 4.69) is 24.1 Å². The predicted molar refractivity (Wildman–Crippen MR) is 69.7 cm³/mol. The van der Waals surface area contributed by atoms with E-state index in [1.807, 2.05) is 0 Å². The van der Waals surface area contributed by atoms with Crippen molar-refractivity contribution in [1.29, 1.82) is 0 Å². The lowest BCUT2D eigenvalue weighted by molar-refractivity contribution is 0.130. The Morgan fingerprint density at radius 3 is 2.31 bits per heavy atom. The van der Waals surface area contributed by atoms with E-state index in [1.165, 1.54) is 51.6 Å². The molecule has 0 amide bonds. The molecule has 1 aliphatic heterocycles. The molecule has 0 spiro atoms. The molecule has 16 heavy (non-hydrogen) atoms. The molecule has 2 fully saturated rings. The van der Waals surface area contributed by atoms with Gasteiger partial charge in [-0.3, -0.25) is 0 Å². The summed E-state index contributed by atoms with van der Waals surface area (Å²) >= 11 is 0. The van der Waals surface area contributed by atoms with Gasteiger partial charge in [0.2, 0.25) is 0 Å². The van der Waals surface area contributed by atoms with Crippen molar-refractivity contribution in [3.63, 3.8) is 0 Å². The number of nitrogens with one attached hydrogen (secondary N) is 1. The summed E-state index contributed by atoms with van der Waals surface area (Å²) in [5.41, 5.74) is 0. The molecule has 0 aromatic heterocycles. The van der Waals surface area contributed by atoms with Crippen LogP contribution in [0.2, 0.25) is 0 Å². The molecule has 2 rings (SSSR count). The van der Waals surface area contributed by atoms with Gasteiger partial charge in [0.05, 0.1) is 0 Å². The van der Waals surface area contributed by atoms with Crippen LogP contribution >= 0.6 is 0 Å². The molecule has 0 radical (unpaired) electrons. The van der Waals surface area contributed by atoms with Crippen molar-refractivity contribution in [3.8, 4) is 0 Å². The Bertz CT molecular complexity index is 193. The van der Waals surface area contributed by atoms with Gasteiger partial charge in [0.1, 0.15) is 0 Å². The average molecular weight is 224 g/mol. The monoisotopic (exact) mass is 224 g/mol. The van der Waals surface area contributed by atoms with E-state index in [-0.39, 0.29) is 0 Å². The van der Waals surface area contributed by atoms with Gasteiger partial charge in [-0.05, 0) is 51.2 Å². The summed E-state index contributed by atoms with van der Waals surface area (Å²) in [6, 6.07) is 1.68. The fourth-order valence-corrected chi connectivity index (χ4v) is 3.07. The first-order chi connectivity index (χ1) is 7.83. The molecule has 2 heteroatoms. The third-order valence-corrected chi connectivity index (χ3v) is 4.31. The summed E-state index contributed by atoms with van der Waals surface area (Å²) in [6.07, 6.45) is 8.55. The molecule has 1 atom stereocenters. The minimum Gasteiger partial charge on any atom is -0.314 e. The molecular formula is C14H28N2. The maximum atomic E-state index is 3.59. The zero-order chi connectivity index (χ0) is 11.4. The molecule has 1 N–H and O–H groups in total. The highest BCUT2D eigenvalue weighted by Crippen LogP contribution is 2.35. The van der Waals surface area contributed by atoms with E-state index in [4.69, 9.17) is 0 Å². The highest BCUT2D eigenvalue weighted by Gasteiger charge is 2.29. The number of hydrogen-bond donors (Lipinski definition) is 1. The summed E-state index contributed by atoms with van der Waals surface area (Å²) in [7, 11) is 0. The molecule has 1 aliphatic carbocycles. The van der Waals surface area contributed by atoms with Gasteiger partial charge in [0, 0.05) is 12.1 Å². The van der Waals surface area contributed by atoms with Crippen LogP contribution in [0.5, 0.6) is 0 Å². The van der Waals surface area contributed by atoms with Crippen LogP contribution in [0, 0.1) is 5.92 Å². The third kappa shape index (κ3) is 3.46. The van der Waals surface area contributed by atoms with Gasteiger partial charge in [0.25, 0.3) is 0 Å². The van der Waals surface area contributed by atoms with E-state index in [1.54, 1.807) is 0 Å². The van der Waals surface area contributed by atoms with Crippen LogP contribution in [0.1, 0.15) is 52.4 Å². The molecule has 1 saturated carbocycles. The van der Waals surface area contributed by atoms with E-state index in [0.29, 0.717) is 0 Å². The average Bonchev–Trinajstić information content (AvgIpc) is 3.11. The molecule has 0 bridgehead atoms. The number of piperidine rings is 1. The summed E-state index contributed by atoms with van der Waals surface area (Å²) in [6.45, 7) is 8.35. The number of likely N-dealkylation sites (tertiary alicyclic amines) is 1. The lowest BCUT2D eigenvalue weighted by Crippen LogP contribution is -2.46. The number of nitrogens with zero attached hydrogens (tertiary/aromatic N) is 1. The van der Waals surface area contributed by atoms with Crippen LogP contribution < -0.4 is 5.32 Å². The van der Waals surface area contributed by atoms with E-state index in [0.717, 1.165) is 24.5 Å². The second-order valence-corrected chi connectivity index (χ2v) is 5.61. The van der Waals surface area contributed by atoms with Crippen molar-refractivity contribution in [3.05, 3.63) is 0 Å². The Morgan fingerprint density at radius 2 is 1.81 bits per heavy atom. The molecule has 1 saturated heterocycles. The predicted octanol–water partition coefficient (Wildman–Crippen LogP) is 2.64. The first-order valence-electron chi connectivity index (χ1n) is 7.30. The Labute approximate surface area is 101 Å². The first-order valence-corrected chi connectivity index (χ1v) is 7.30. The second-order valence-electron chi connectivity index (χ2n) is 5.61. The molecule has 2 nitrogen and oxygen atoms in total. The Kier molecular flexibility index (Phi) is 4.66. The van der Waals surface area contributed by atoms with Crippen molar-refractivity contribution >= 4 is 0 Å². The van der Waals surface area contributed by atoms with Gasteiger partial charge in [-0.1, -0.05) is 26.7 Å². The normalized spacial score (nSPS) is 25.9. The van der Waals surface area contributed by atoms with Crippen LogP contribution in [0.15, 0.2) is 0 Å². The Morgan fingerprint density at radius 1 is 1.12 bits per heavy atom. The van der Waals surface area contributed by atoms with Crippen LogP contribution in [0.25, 0.3) is 0 Å². The van der Waals surface area contributed by atoms with Crippen LogP contribution in [0.3, 0.4) is 0 Å². The molecular weight excluding hydrogens is 196 g/mol. The van der Waals surface area contributed by atoms with Crippen molar-refractivity contribution in [1.82, 2.24) is 10.2 Å². The van der Waals surface area contributed by atoms with Gasteiger partial charge in [-0.25, -0.2) is 0 Å². The van der Waals surface area contributed by atoms with Gasteiger partial charge >= 0.3 is 0 Å². The van der Waals surface area contributed by atoms with E-state index < -0.39 is 0 Å². The first kappa shape index (κ1) is 12.4. The molecule has 0 aromatic rings. The fraction of sp³-hybridized carbons (Fsp3) is 1.00.